The van der Waals surface area contributed by atoms with E-state index in [1.54, 1.807) is 11.1 Å². The van der Waals surface area contributed by atoms with Crippen molar-refractivity contribution in [1.29, 1.82) is 0 Å². The van der Waals surface area contributed by atoms with Crippen molar-refractivity contribution in [1.82, 2.24) is 0 Å². The number of quaternary nitrogens is 1. The maximum atomic E-state index is 12.2. The molecule has 4 nitrogen and oxygen atoms in total. The van der Waals surface area contributed by atoms with Crippen molar-refractivity contribution in [2.45, 2.75) is 57.5 Å². The topological polar surface area (TPSA) is 57.5 Å². The number of aliphatic hydroxyl groups excluding tert-OH is 1. The van der Waals surface area contributed by atoms with E-state index in [1.807, 2.05) is 0 Å². The SMILES string of the molecule is C[C@@H]1C[N@@+]23C[C@H]4CCC5=C6[C@H](CC5)[C@H](C(=O)O)C[C@@]65[C@@H]2[C@@H]1C[C@@H]3[C@@]45CO. The average molecular weight is 356 g/mol. The van der Waals surface area contributed by atoms with Gasteiger partial charge in [-0.2, -0.15) is 0 Å². The van der Waals surface area contributed by atoms with Gasteiger partial charge in [-0.1, -0.05) is 18.1 Å². The predicted octanol–water partition coefficient (Wildman–Crippen LogP) is 2.42. The molecule has 140 valence electrons. The molecule has 4 heterocycles. The molecule has 2 N–H and O–H groups in total. The number of aliphatic carboxylic acids is 1. The van der Waals surface area contributed by atoms with Gasteiger partial charge in [-0.05, 0) is 38.0 Å². The molecule has 4 saturated heterocycles. The summed E-state index contributed by atoms with van der Waals surface area (Å²) in [5, 5.41) is 21.0. The van der Waals surface area contributed by atoms with Crippen LogP contribution in [0.5, 0.6) is 0 Å². The van der Waals surface area contributed by atoms with Crippen LogP contribution in [0.4, 0.5) is 0 Å². The van der Waals surface area contributed by atoms with Crippen LogP contribution >= 0.6 is 0 Å². The summed E-state index contributed by atoms with van der Waals surface area (Å²) >= 11 is 0. The van der Waals surface area contributed by atoms with E-state index in [-0.39, 0.29) is 22.7 Å². The van der Waals surface area contributed by atoms with Gasteiger partial charge in [0.2, 0.25) is 0 Å². The Hall–Kier alpha value is -0.870. The molecule has 26 heavy (non-hydrogen) atoms. The van der Waals surface area contributed by atoms with Gasteiger partial charge in [-0.15, -0.1) is 0 Å². The van der Waals surface area contributed by atoms with Crippen molar-refractivity contribution >= 4 is 5.97 Å². The maximum Gasteiger partial charge on any atom is 0.307 e. The number of rotatable bonds is 2. The third kappa shape index (κ3) is 1.13. The van der Waals surface area contributed by atoms with Crippen LogP contribution in [0.2, 0.25) is 0 Å². The van der Waals surface area contributed by atoms with Crippen LogP contribution in [0.25, 0.3) is 0 Å². The van der Waals surface area contributed by atoms with Gasteiger partial charge in [0, 0.05) is 24.2 Å². The van der Waals surface area contributed by atoms with Gasteiger partial charge in [0.05, 0.1) is 42.5 Å². The van der Waals surface area contributed by atoms with Crippen LogP contribution < -0.4 is 0 Å². The van der Waals surface area contributed by atoms with E-state index in [0.717, 1.165) is 31.1 Å². The van der Waals surface area contributed by atoms with Crippen LogP contribution in [0.3, 0.4) is 0 Å². The highest BCUT2D eigenvalue weighted by Crippen LogP contribution is 2.84. The number of carboxylic acid groups (broad SMARTS) is 1. The van der Waals surface area contributed by atoms with E-state index in [0.29, 0.717) is 24.6 Å². The second-order valence-corrected chi connectivity index (χ2v) is 11.0. The Morgan fingerprint density at radius 1 is 1.27 bits per heavy atom. The van der Waals surface area contributed by atoms with E-state index in [4.69, 9.17) is 0 Å². The van der Waals surface area contributed by atoms with E-state index >= 15 is 0 Å². The third-order valence-corrected chi connectivity index (χ3v) is 11.0. The molecule has 0 unspecified atom stereocenters. The highest BCUT2D eigenvalue weighted by atomic mass is 16.4. The summed E-state index contributed by atoms with van der Waals surface area (Å²) in [6, 6.07) is 1.24. The Bertz CT molecular complexity index is 790. The first kappa shape index (κ1) is 15.1. The quantitative estimate of drug-likeness (QED) is 0.590. The van der Waals surface area contributed by atoms with E-state index in [9.17, 15) is 15.0 Å². The number of hydrogen-bond acceptors (Lipinski definition) is 2. The second-order valence-electron chi connectivity index (χ2n) is 11.0. The molecule has 5 fully saturated rings. The van der Waals surface area contributed by atoms with Crippen molar-refractivity contribution in [3.05, 3.63) is 11.1 Å². The number of carboxylic acids is 1. The fourth-order valence-electron chi connectivity index (χ4n) is 11.0. The fraction of sp³-hybridized carbons (Fsp3) is 0.864. The first-order valence-corrected chi connectivity index (χ1v) is 10.9. The van der Waals surface area contributed by atoms with E-state index in [2.05, 4.69) is 6.92 Å². The largest absolute Gasteiger partial charge is 0.481 e. The molecule has 4 aliphatic heterocycles. The van der Waals surface area contributed by atoms with Crippen molar-refractivity contribution < 1.29 is 19.5 Å². The van der Waals surface area contributed by atoms with Gasteiger partial charge in [-0.25, -0.2) is 0 Å². The summed E-state index contributed by atoms with van der Waals surface area (Å²) < 4.78 is 1.27. The normalized spacial score (nSPS) is 62.9. The lowest BCUT2D eigenvalue weighted by Crippen LogP contribution is -2.60. The minimum atomic E-state index is -0.570. The molecule has 4 heteroatoms. The number of carbonyl (C=O) groups is 1. The average Bonchev–Trinajstić information content (AvgIpc) is 3.36. The first-order chi connectivity index (χ1) is 12.5. The molecule has 0 aromatic rings. The minimum absolute atomic E-state index is 0.00181. The molecule has 7 aliphatic rings. The smallest absolute Gasteiger partial charge is 0.307 e. The molecule has 0 aromatic carbocycles. The number of aliphatic hydroxyl groups is 1. The molecular formula is C22H30NO3+. The van der Waals surface area contributed by atoms with Crippen LogP contribution in [-0.4, -0.2) is 52.4 Å². The van der Waals surface area contributed by atoms with Crippen LogP contribution in [0, 0.1) is 40.4 Å². The Labute approximate surface area is 154 Å². The van der Waals surface area contributed by atoms with E-state index < -0.39 is 5.97 Å². The predicted molar refractivity (Wildman–Crippen MR) is 95.0 cm³/mol. The Morgan fingerprint density at radius 2 is 2.08 bits per heavy atom. The molecule has 0 radical (unpaired) electrons. The number of piperidine rings is 2. The zero-order valence-electron chi connectivity index (χ0n) is 15.7. The third-order valence-electron chi connectivity index (χ3n) is 11.0. The fourth-order valence-corrected chi connectivity index (χ4v) is 11.0. The van der Waals surface area contributed by atoms with Crippen LogP contribution in [0.15, 0.2) is 11.1 Å². The van der Waals surface area contributed by atoms with Crippen molar-refractivity contribution in [2.24, 2.45) is 40.4 Å². The number of nitrogens with zero attached hydrogens (tertiary/aromatic N) is 1. The zero-order chi connectivity index (χ0) is 17.6. The van der Waals surface area contributed by atoms with Gasteiger partial charge in [0.1, 0.15) is 6.04 Å². The summed E-state index contributed by atoms with van der Waals surface area (Å²) in [7, 11) is 0. The minimum Gasteiger partial charge on any atom is -0.481 e. The van der Waals surface area contributed by atoms with Crippen molar-refractivity contribution in [3.8, 4) is 0 Å². The molecule has 0 aromatic heterocycles. The number of allylic oxidation sites excluding steroid dienone is 1. The lowest BCUT2D eigenvalue weighted by Gasteiger charge is -2.52. The lowest BCUT2D eigenvalue weighted by atomic mass is 9.47. The highest BCUT2D eigenvalue weighted by Gasteiger charge is 2.92. The van der Waals surface area contributed by atoms with Crippen molar-refractivity contribution in [2.75, 3.05) is 19.7 Å². The molecule has 3 aliphatic carbocycles. The molecular weight excluding hydrogens is 326 g/mol. The molecule has 10 atom stereocenters. The second kappa shape index (κ2) is 4.10. The van der Waals surface area contributed by atoms with Gasteiger partial charge in [0.25, 0.3) is 0 Å². The summed E-state index contributed by atoms with van der Waals surface area (Å²) in [4.78, 5) is 12.2. The monoisotopic (exact) mass is 356 g/mol. The first-order valence-electron chi connectivity index (χ1n) is 10.9. The Kier molecular flexibility index (Phi) is 2.38. The van der Waals surface area contributed by atoms with Gasteiger partial charge in [0.15, 0.2) is 0 Å². The molecule has 5 bridgehead atoms. The molecule has 7 rings (SSSR count). The molecule has 0 amide bonds. The summed E-state index contributed by atoms with van der Waals surface area (Å²) in [6.45, 7) is 5.33. The van der Waals surface area contributed by atoms with Gasteiger partial charge in [-0.3, -0.25) is 4.79 Å². The lowest BCUT2D eigenvalue weighted by molar-refractivity contribution is -0.939. The standard InChI is InChI=1S/C22H29NO3/c1-11-8-23-9-13-4-2-12-3-5-14-16(20(25)26)7-21(18(12)14)19(23)15(11)6-17(23)22(13,21)10-24/h11,13-17,19,24H,2-10H2,1H3/p+1/t11-,13-,14-,15-,16-,17-,19+,21+,22-,23+/m1/s1. The van der Waals surface area contributed by atoms with Crippen molar-refractivity contribution in [3.63, 3.8) is 0 Å². The maximum absolute atomic E-state index is 12.2. The molecule has 1 saturated carbocycles. The highest BCUT2D eigenvalue weighted by molar-refractivity contribution is 5.73. The van der Waals surface area contributed by atoms with Gasteiger partial charge < -0.3 is 14.7 Å². The number of hydrogen-bond donors (Lipinski definition) is 2. The Balaban J connectivity index is 1.55. The van der Waals surface area contributed by atoms with E-state index in [1.165, 1.54) is 36.8 Å². The zero-order valence-corrected chi connectivity index (χ0v) is 15.7. The van der Waals surface area contributed by atoms with Gasteiger partial charge >= 0.3 is 5.97 Å². The summed E-state index contributed by atoms with van der Waals surface area (Å²) in [5.74, 6) is 1.66. The van der Waals surface area contributed by atoms with Crippen LogP contribution in [0.1, 0.15) is 45.4 Å². The summed E-state index contributed by atoms with van der Waals surface area (Å²) in [5.41, 5.74) is 3.27. The van der Waals surface area contributed by atoms with Crippen LogP contribution in [-0.2, 0) is 4.79 Å². The summed E-state index contributed by atoms with van der Waals surface area (Å²) in [6.07, 6.45) is 6.77. The molecule has 2 spiro atoms. The Morgan fingerprint density at radius 3 is 2.85 bits per heavy atom.